The van der Waals surface area contributed by atoms with Crippen LogP contribution in [0.25, 0.3) is 0 Å². The summed E-state index contributed by atoms with van der Waals surface area (Å²) in [6.07, 6.45) is 2.53. The highest BCUT2D eigenvalue weighted by Gasteiger charge is 2.51. The lowest BCUT2D eigenvalue weighted by Gasteiger charge is -2.21. The molecule has 76 valence electrons. The first-order valence-electron chi connectivity index (χ1n) is 5.14. The Morgan fingerprint density at radius 3 is 2.54 bits per heavy atom. The Kier molecular flexibility index (Phi) is 2.13. The molecule has 0 aromatic heterocycles. The van der Waals surface area contributed by atoms with Gasteiger partial charge in [-0.1, -0.05) is 13.3 Å². The Hall–Kier alpha value is -0.120. The molecule has 13 heavy (non-hydrogen) atoms. The summed E-state index contributed by atoms with van der Waals surface area (Å²) < 4.78 is 11.6. The van der Waals surface area contributed by atoms with Crippen molar-refractivity contribution in [1.29, 1.82) is 0 Å². The first-order valence-corrected chi connectivity index (χ1v) is 5.14. The smallest absolute Gasteiger partial charge is 0.163 e. The van der Waals surface area contributed by atoms with Crippen molar-refractivity contribution in [2.75, 3.05) is 0 Å². The fraction of sp³-hybridized carbons (Fsp3) is 1.00. The van der Waals surface area contributed by atoms with Crippen LogP contribution < -0.4 is 5.73 Å². The molecule has 0 bridgehead atoms. The molecule has 0 amide bonds. The number of hydrogen-bond acceptors (Lipinski definition) is 3. The van der Waals surface area contributed by atoms with Crippen molar-refractivity contribution in [3.05, 3.63) is 0 Å². The van der Waals surface area contributed by atoms with Gasteiger partial charge < -0.3 is 15.2 Å². The maximum atomic E-state index is 6.00. The van der Waals surface area contributed by atoms with Gasteiger partial charge in [0.25, 0.3) is 0 Å². The van der Waals surface area contributed by atoms with Crippen molar-refractivity contribution in [2.45, 2.75) is 57.6 Å². The predicted molar refractivity (Wildman–Crippen MR) is 50.2 cm³/mol. The average molecular weight is 185 g/mol. The first kappa shape index (κ1) is 9.44. The molecule has 1 saturated heterocycles. The zero-order valence-corrected chi connectivity index (χ0v) is 8.62. The lowest BCUT2D eigenvalue weighted by Crippen LogP contribution is -2.34. The Balaban J connectivity index is 2.12. The van der Waals surface area contributed by atoms with Crippen LogP contribution in [0, 0.1) is 5.92 Å². The summed E-state index contributed by atoms with van der Waals surface area (Å²) in [5.74, 6) is 0.155. The van der Waals surface area contributed by atoms with E-state index in [4.69, 9.17) is 15.2 Å². The summed E-state index contributed by atoms with van der Waals surface area (Å²) in [7, 11) is 0. The lowest BCUT2D eigenvalue weighted by atomic mass is 10.0. The number of hydrogen-bond donors (Lipinski definition) is 1. The fourth-order valence-corrected chi connectivity index (χ4v) is 2.53. The summed E-state index contributed by atoms with van der Waals surface area (Å²) >= 11 is 0. The second-order valence-electron chi connectivity index (χ2n) is 4.63. The van der Waals surface area contributed by atoms with Gasteiger partial charge >= 0.3 is 0 Å². The zero-order valence-electron chi connectivity index (χ0n) is 8.62. The third-order valence-electron chi connectivity index (χ3n) is 3.15. The molecule has 4 atom stereocenters. The highest BCUT2D eigenvalue weighted by atomic mass is 16.8. The van der Waals surface area contributed by atoms with Crippen molar-refractivity contribution >= 4 is 0 Å². The van der Waals surface area contributed by atoms with Crippen molar-refractivity contribution < 1.29 is 9.47 Å². The molecule has 1 unspecified atom stereocenters. The van der Waals surface area contributed by atoms with Crippen LogP contribution in [-0.4, -0.2) is 24.0 Å². The predicted octanol–water partition coefficient (Wildman–Crippen LogP) is 1.26. The van der Waals surface area contributed by atoms with Crippen LogP contribution in [-0.2, 0) is 9.47 Å². The molecule has 1 heterocycles. The average Bonchev–Trinajstić information content (AvgIpc) is 2.47. The minimum Gasteiger partial charge on any atom is -0.344 e. The standard InChI is InChI=1S/C10H19NO2/c1-4-6-5-7(11)9-8(6)12-10(2,3)13-9/h6-9H,4-5,11H2,1-3H3/t6-,7+,8-,9?/m0/s1. The molecule has 2 fully saturated rings. The van der Waals surface area contributed by atoms with Gasteiger partial charge in [0.1, 0.15) is 6.10 Å². The van der Waals surface area contributed by atoms with E-state index < -0.39 is 5.79 Å². The van der Waals surface area contributed by atoms with E-state index in [1.807, 2.05) is 13.8 Å². The molecule has 3 heteroatoms. The van der Waals surface area contributed by atoms with Gasteiger partial charge in [0.2, 0.25) is 0 Å². The molecule has 1 saturated carbocycles. The minimum absolute atomic E-state index is 0.125. The summed E-state index contributed by atoms with van der Waals surface area (Å²) in [4.78, 5) is 0. The third kappa shape index (κ3) is 1.49. The molecule has 2 aliphatic rings. The first-order chi connectivity index (χ1) is 6.03. The number of nitrogens with two attached hydrogens (primary N) is 1. The number of fused-ring (bicyclic) bond motifs is 1. The van der Waals surface area contributed by atoms with E-state index in [-0.39, 0.29) is 18.2 Å². The molecule has 2 N–H and O–H groups in total. The van der Waals surface area contributed by atoms with Gasteiger partial charge in [-0.3, -0.25) is 0 Å². The highest BCUT2D eigenvalue weighted by molar-refractivity contribution is 4.99. The van der Waals surface area contributed by atoms with Gasteiger partial charge in [-0.25, -0.2) is 0 Å². The van der Waals surface area contributed by atoms with Crippen LogP contribution in [0.2, 0.25) is 0 Å². The van der Waals surface area contributed by atoms with E-state index in [1.54, 1.807) is 0 Å². The topological polar surface area (TPSA) is 44.5 Å². The van der Waals surface area contributed by atoms with E-state index in [1.165, 1.54) is 0 Å². The summed E-state index contributed by atoms with van der Waals surface area (Å²) in [6.45, 7) is 6.12. The van der Waals surface area contributed by atoms with Crippen molar-refractivity contribution in [3.63, 3.8) is 0 Å². The SMILES string of the molecule is CC[C@H]1C[C@@H](N)C2OC(C)(C)O[C@H]21. The maximum absolute atomic E-state index is 6.00. The summed E-state index contributed by atoms with van der Waals surface area (Å²) in [5, 5.41) is 0. The maximum Gasteiger partial charge on any atom is 0.163 e. The normalized spacial score (nSPS) is 48.0. The van der Waals surface area contributed by atoms with E-state index >= 15 is 0 Å². The summed E-state index contributed by atoms with van der Waals surface area (Å²) in [5.41, 5.74) is 6.00. The monoisotopic (exact) mass is 185 g/mol. The van der Waals surface area contributed by atoms with Gasteiger partial charge in [0, 0.05) is 6.04 Å². The minimum atomic E-state index is -0.430. The Morgan fingerprint density at radius 1 is 1.31 bits per heavy atom. The molecule has 0 radical (unpaired) electrons. The molecule has 0 aromatic carbocycles. The lowest BCUT2D eigenvalue weighted by molar-refractivity contribution is -0.157. The largest absolute Gasteiger partial charge is 0.344 e. The van der Waals surface area contributed by atoms with E-state index in [9.17, 15) is 0 Å². The molecular weight excluding hydrogens is 166 g/mol. The molecule has 1 aliphatic heterocycles. The molecule has 1 aliphatic carbocycles. The van der Waals surface area contributed by atoms with Gasteiger partial charge in [0.05, 0.1) is 6.10 Å². The second-order valence-corrected chi connectivity index (χ2v) is 4.63. The van der Waals surface area contributed by atoms with Gasteiger partial charge in [-0.15, -0.1) is 0 Å². The fourth-order valence-electron chi connectivity index (χ4n) is 2.53. The van der Waals surface area contributed by atoms with E-state index in [0.717, 1.165) is 12.8 Å². The van der Waals surface area contributed by atoms with Crippen LogP contribution in [0.4, 0.5) is 0 Å². The molecule has 2 rings (SSSR count). The van der Waals surface area contributed by atoms with Gasteiger partial charge in [0.15, 0.2) is 5.79 Å². The van der Waals surface area contributed by atoms with Crippen LogP contribution in [0.5, 0.6) is 0 Å². The van der Waals surface area contributed by atoms with Crippen LogP contribution in [0.15, 0.2) is 0 Å². The van der Waals surface area contributed by atoms with Crippen LogP contribution in [0.3, 0.4) is 0 Å². The number of rotatable bonds is 1. The Labute approximate surface area is 79.6 Å². The van der Waals surface area contributed by atoms with Crippen LogP contribution >= 0.6 is 0 Å². The van der Waals surface area contributed by atoms with E-state index in [2.05, 4.69) is 6.92 Å². The molecule has 0 aromatic rings. The summed E-state index contributed by atoms with van der Waals surface area (Å²) in [6, 6.07) is 0.164. The molecule has 0 spiro atoms. The molecular formula is C10H19NO2. The Bertz CT molecular complexity index is 205. The zero-order chi connectivity index (χ0) is 9.64. The number of ether oxygens (including phenoxy) is 2. The van der Waals surface area contributed by atoms with E-state index in [0.29, 0.717) is 5.92 Å². The van der Waals surface area contributed by atoms with Crippen molar-refractivity contribution in [1.82, 2.24) is 0 Å². The van der Waals surface area contributed by atoms with Gasteiger partial charge in [-0.05, 0) is 26.2 Å². The third-order valence-corrected chi connectivity index (χ3v) is 3.15. The second kappa shape index (κ2) is 2.94. The van der Waals surface area contributed by atoms with Crippen molar-refractivity contribution in [3.8, 4) is 0 Å². The van der Waals surface area contributed by atoms with Gasteiger partial charge in [-0.2, -0.15) is 0 Å². The molecule has 3 nitrogen and oxygen atoms in total. The quantitative estimate of drug-likeness (QED) is 0.669. The highest BCUT2D eigenvalue weighted by Crippen LogP contribution is 2.41. The van der Waals surface area contributed by atoms with Crippen LogP contribution in [0.1, 0.15) is 33.6 Å². The van der Waals surface area contributed by atoms with Crippen molar-refractivity contribution in [2.24, 2.45) is 11.7 Å². The Morgan fingerprint density at radius 2 is 1.92 bits per heavy atom.